The van der Waals surface area contributed by atoms with Gasteiger partial charge in [-0.1, -0.05) is 5.16 Å². The first-order chi connectivity index (χ1) is 12.7. The van der Waals surface area contributed by atoms with E-state index in [9.17, 15) is 27.9 Å². The van der Waals surface area contributed by atoms with Gasteiger partial charge in [0.15, 0.2) is 28.8 Å². The fraction of sp³-hybridized carbons (Fsp3) is 0.235. The van der Waals surface area contributed by atoms with Gasteiger partial charge in [-0.05, 0) is 30.5 Å². The Morgan fingerprint density at radius 3 is 2.56 bits per heavy atom. The number of benzene rings is 1. The van der Waals surface area contributed by atoms with Crippen LogP contribution in [0, 0.1) is 12.7 Å². The van der Waals surface area contributed by atoms with Crippen molar-refractivity contribution in [3.8, 4) is 11.5 Å². The van der Waals surface area contributed by atoms with E-state index in [2.05, 4.69) is 9.89 Å². The summed E-state index contributed by atoms with van der Waals surface area (Å²) >= 11 is 0. The summed E-state index contributed by atoms with van der Waals surface area (Å²) in [6.45, 7) is 1.36. The summed E-state index contributed by atoms with van der Waals surface area (Å²) in [6, 6.07) is 1.28. The van der Waals surface area contributed by atoms with Crippen molar-refractivity contribution in [2.24, 2.45) is 5.16 Å². The van der Waals surface area contributed by atoms with Crippen molar-refractivity contribution in [1.82, 2.24) is 0 Å². The number of methoxy groups -OCH3 is 1. The van der Waals surface area contributed by atoms with Crippen LogP contribution in [0.3, 0.4) is 0 Å². The van der Waals surface area contributed by atoms with Crippen LogP contribution in [0.2, 0.25) is 0 Å². The van der Waals surface area contributed by atoms with Crippen LogP contribution in [0.15, 0.2) is 34.7 Å². The molecule has 0 radical (unpaired) electrons. The molecule has 0 amide bonds. The Morgan fingerprint density at radius 1 is 1.30 bits per heavy atom. The number of nitrogens with zero attached hydrogens (tertiary/aromatic N) is 1. The molecule has 0 saturated carbocycles. The maximum atomic E-state index is 14.5. The molecule has 144 valence electrons. The van der Waals surface area contributed by atoms with Gasteiger partial charge in [0, 0.05) is 12.5 Å². The molecule has 0 bridgehead atoms. The van der Waals surface area contributed by atoms with Crippen LogP contribution in [0.1, 0.15) is 17.5 Å². The predicted molar refractivity (Wildman–Crippen MR) is 85.3 cm³/mol. The second-order valence-corrected chi connectivity index (χ2v) is 5.47. The lowest BCUT2D eigenvalue weighted by Crippen LogP contribution is -2.20. The van der Waals surface area contributed by atoms with Crippen molar-refractivity contribution in [2.75, 3.05) is 7.11 Å². The standard InChI is InChI=1S/C17H14F3NO6/c1-7-5-8(3-4-11(22)26-2)14(23)12(19)16(7)27-17-10(21-25)6-9(18)15(24)13(17)20/h5-6,23,25H,3-4H2,1-2H3/b21-10+. The van der Waals surface area contributed by atoms with Gasteiger partial charge in [0.1, 0.15) is 0 Å². The van der Waals surface area contributed by atoms with E-state index in [1.165, 1.54) is 20.1 Å². The normalized spacial score (nSPS) is 15.8. The van der Waals surface area contributed by atoms with Crippen LogP contribution in [-0.4, -0.2) is 34.9 Å². The zero-order valence-electron chi connectivity index (χ0n) is 14.2. The second kappa shape index (κ2) is 7.94. The van der Waals surface area contributed by atoms with Gasteiger partial charge in [0.05, 0.1) is 7.11 Å². The molecule has 0 saturated heterocycles. The van der Waals surface area contributed by atoms with Crippen molar-refractivity contribution < 1.29 is 42.5 Å². The summed E-state index contributed by atoms with van der Waals surface area (Å²) in [5.41, 5.74) is -0.637. The molecule has 0 fully saturated rings. The van der Waals surface area contributed by atoms with Crippen LogP contribution < -0.4 is 4.74 Å². The number of Topliss-reactive ketones (excluding diaryl/α,β-unsaturated/α-hetero) is 1. The number of ether oxygens (including phenoxy) is 2. The minimum atomic E-state index is -1.73. The molecule has 1 aliphatic rings. The van der Waals surface area contributed by atoms with Crippen molar-refractivity contribution in [3.63, 3.8) is 0 Å². The largest absolute Gasteiger partial charge is 0.505 e. The first-order valence-electron chi connectivity index (χ1n) is 7.50. The molecule has 10 heteroatoms. The Bertz CT molecular complexity index is 904. The van der Waals surface area contributed by atoms with Crippen LogP contribution >= 0.6 is 0 Å². The maximum Gasteiger partial charge on any atom is 0.305 e. The monoisotopic (exact) mass is 385 g/mol. The molecule has 1 aliphatic carbocycles. The number of ketones is 1. The van der Waals surface area contributed by atoms with Gasteiger partial charge in [-0.25, -0.2) is 4.39 Å². The van der Waals surface area contributed by atoms with Gasteiger partial charge in [0.25, 0.3) is 5.78 Å². The topological polar surface area (TPSA) is 105 Å². The fourth-order valence-electron chi connectivity index (χ4n) is 2.32. The van der Waals surface area contributed by atoms with Gasteiger partial charge >= 0.3 is 5.97 Å². The number of carbonyl (C=O) groups is 2. The molecule has 7 nitrogen and oxygen atoms in total. The molecule has 0 spiro atoms. The number of aromatic hydroxyl groups is 1. The summed E-state index contributed by atoms with van der Waals surface area (Å²) in [6.07, 6.45) is 0.255. The summed E-state index contributed by atoms with van der Waals surface area (Å²) in [4.78, 5) is 22.6. The molecule has 1 aromatic carbocycles. The van der Waals surface area contributed by atoms with E-state index in [-0.39, 0.29) is 24.0 Å². The molecule has 2 N–H and O–H groups in total. The van der Waals surface area contributed by atoms with Gasteiger partial charge in [-0.15, -0.1) is 0 Å². The van der Waals surface area contributed by atoms with Crippen LogP contribution in [0.25, 0.3) is 0 Å². The number of oxime groups is 1. The maximum absolute atomic E-state index is 14.5. The molecule has 0 aliphatic heterocycles. The molecule has 0 unspecified atom stereocenters. The zero-order valence-corrected chi connectivity index (χ0v) is 14.2. The Labute approximate surface area is 151 Å². The molecular weight excluding hydrogens is 371 g/mol. The van der Waals surface area contributed by atoms with E-state index in [0.717, 1.165) is 0 Å². The number of allylic oxidation sites excluding steroid dienone is 3. The van der Waals surface area contributed by atoms with Gasteiger partial charge in [-0.3, -0.25) is 9.59 Å². The van der Waals surface area contributed by atoms with E-state index in [0.29, 0.717) is 6.08 Å². The number of carbonyl (C=O) groups excluding carboxylic acids is 2. The van der Waals surface area contributed by atoms with Crippen molar-refractivity contribution in [2.45, 2.75) is 19.8 Å². The van der Waals surface area contributed by atoms with Crippen LogP contribution in [0.4, 0.5) is 13.2 Å². The molecule has 0 atom stereocenters. The molecule has 2 rings (SSSR count). The van der Waals surface area contributed by atoms with Crippen LogP contribution in [0.5, 0.6) is 11.5 Å². The number of esters is 1. The Hall–Kier alpha value is -3.30. The minimum absolute atomic E-state index is 0.0383. The fourth-order valence-corrected chi connectivity index (χ4v) is 2.32. The SMILES string of the molecule is COC(=O)CCc1cc(C)c(OC2=C(F)C(=O)C(F)=C/C2=N\O)c(F)c1O. The van der Waals surface area contributed by atoms with E-state index < -0.39 is 52.2 Å². The summed E-state index contributed by atoms with van der Waals surface area (Å²) < 4.78 is 51.2. The molecule has 0 aromatic heterocycles. The third-order valence-electron chi connectivity index (χ3n) is 3.71. The number of hydrogen-bond donors (Lipinski definition) is 2. The predicted octanol–water partition coefficient (Wildman–Crippen LogP) is 2.77. The minimum Gasteiger partial charge on any atom is -0.505 e. The molecule has 27 heavy (non-hydrogen) atoms. The van der Waals surface area contributed by atoms with Gasteiger partial charge in [0.2, 0.25) is 11.6 Å². The lowest BCUT2D eigenvalue weighted by Gasteiger charge is -2.17. The molecule has 0 heterocycles. The number of phenols is 1. The lowest BCUT2D eigenvalue weighted by atomic mass is 10.0. The van der Waals surface area contributed by atoms with Crippen LogP contribution in [-0.2, 0) is 20.7 Å². The Morgan fingerprint density at radius 2 is 1.96 bits per heavy atom. The smallest absolute Gasteiger partial charge is 0.305 e. The third-order valence-corrected chi connectivity index (χ3v) is 3.71. The average molecular weight is 385 g/mol. The average Bonchev–Trinajstić information content (AvgIpc) is 2.65. The summed E-state index contributed by atoms with van der Waals surface area (Å²) in [7, 11) is 1.18. The first kappa shape index (κ1) is 20.0. The molecular formula is C17H14F3NO6. The lowest BCUT2D eigenvalue weighted by molar-refractivity contribution is -0.140. The van der Waals surface area contributed by atoms with Crippen molar-refractivity contribution in [1.29, 1.82) is 0 Å². The number of phenolic OH excluding ortho intramolecular Hbond substituents is 1. The quantitative estimate of drug-likeness (QED) is 0.350. The first-order valence-corrected chi connectivity index (χ1v) is 7.50. The van der Waals surface area contributed by atoms with E-state index in [4.69, 9.17) is 9.94 Å². The highest BCUT2D eigenvalue weighted by Crippen LogP contribution is 2.36. The Balaban J connectivity index is 2.41. The third kappa shape index (κ3) is 3.94. The highest BCUT2D eigenvalue weighted by molar-refractivity contribution is 6.21. The highest BCUT2D eigenvalue weighted by atomic mass is 19.1. The van der Waals surface area contributed by atoms with Crippen molar-refractivity contribution >= 4 is 17.5 Å². The highest BCUT2D eigenvalue weighted by Gasteiger charge is 2.32. The van der Waals surface area contributed by atoms with Gasteiger partial charge in [-0.2, -0.15) is 8.78 Å². The zero-order chi connectivity index (χ0) is 20.3. The second-order valence-electron chi connectivity index (χ2n) is 5.47. The van der Waals surface area contributed by atoms with E-state index in [1.54, 1.807) is 0 Å². The number of rotatable bonds is 5. The number of halogens is 3. The number of aryl methyl sites for hydroxylation is 2. The van der Waals surface area contributed by atoms with Crippen molar-refractivity contribution in [3.05, 3.63) is 46.5 Å². The molecule has 1 aromatic rings. The summed E-state index contributed by atoms with van der Waals surface area (Å²) in [5.74, 6) is -9.30. The number of hydrogen-bond acceptors (Lipinski definition) is 7. The van der Waals surface area contributed by atoms with E-state index in [1.807, 2.05) is 0 Å². The summed E-state index contributed by atoms with van der Waals surface area (Å²) in [5, 5.41) is 21.4. The van der Waals surface area contributed by atoms with E-state index >= 15 is 0 Å². The Kier molecular flexibility index (Phi) is 5.88. The van der Waals surface area contributed by atoms with Gasteiger partial charge < -0.3 is 19.8 Å².